The zero-order valence-electron chi connectivity index (χ0n) is 18.6. The van der Waals surface area contributed by atoms with Crippen LogP contribution in [0.5, 0.6) is 0 Å². The molecule has 0 N–H and O–H groups in total. The zero-order valence-corrected chi connectivity index (χ0v) is 19.4. The minimum atomic E-state index is -0.303. The molecule has 0 aliphatic carbocycles. The van der Waals surface area contributed by atoms with Gasteiger partial charge in [-0.2, -0.15) is 0 Å². The maximum absolute atomic E-state index is 13.5. The predicted molar refractivity (Wildman–Crippen MR) is 131 cm³/mol. The number of aromatic nitrogens is 4. The highest BCUT2D eigenvalue weighted by Gasteiger charge is 2.34. The number of carbonyl (C=O) groups excluding carboxylic acids is 1. The Labute approximate surface area is 197 Å². The number of hydrogen-bond acceptors (Lipinski definition) is 5. The molecule has 0 fully saturated rings. The quantitative estimate of drug-likeness (QED) is 0.389. The molecule has 5 rings (SSSR count). The summed E-state index contributed by atoms with van der Waals surface area (Å²) < 4.78 is 2.08. The molecule has 33 heavy (non-hydrogen) atoms. The van der Waals surface area contributed by atoms with Crippen LogP contribution < -0.4 is 4.90 Å². The van der Waals surface area contributed by atoms with Crippen LogP contribution in [0, 0.1) is 0 Å². The van der Waals surface area contributed by atoms with Crippen LogP contribution in [0.2, 0.25) is 0 Å². The Morgan fingerprint density at radius 1 is 1.03 bits per heavy atom. The number of amides is 1. The van der Waals surface area contributed by atoms with E-state index in [2.05, 4.69) is 44.9 Å². The Morgan fingerprint density at radius 2 is 1.76 bits per heavy atom. The molecule has 1 aliphatic rings. The first-order valence-corrected chi connectivity index (χ1v) is 11.9. The van der Waals surface area contributed by atoms with Crippen LogP contribution in [-0.2, 0) is 17.8 Å². The van der Waals surface area contributed by atoms with Crippen molar-refractivity contribution in [3.05, 3.63) is 90.3 Å². The van der Waals surface area contributed by atoms with Crippen molar-refractivity contribution in [2.75, 3.05) is 4.90 Å². The topological polar surface area (TPSA) is 63.9 Å². The third-order valence-electron chi connectivity index (χ3n) is 5.91. The molecule has 0 unspecified atom stereocenters. The molecule has 0 saturated carbocycles. The Morgan fingerprint density at radius 3 is 2.55 bits per heavy atom. The number of para-hydroxylation sites is 1. The molecule has 1 aliphatic heterocycles. The first-order valence-electron chi connectivity index (χ1n) is 11.1. The fourth-order valence-electron chi connectivity index (χ4n) is 4.30. The van der Waals surface area contributed by atoms with Gasteiger partial charge in [-0.15, -0.1) is 10.2 Å². The lowest BCUT2D eigenvalue weighted by Crippen LogP contribution is -2.40. The molecule has 2 aromatic heterocycles. The summed E-state index contributed by atoms with van der Waals surface area (Å²) in [5.41, 5.74) is 4.34. The molecule has 2 atom stereocenters. The van der Waals surface area contributed by atoms with Gasteiger partial charge < -0.3 is 4.90 Å². The number of anilines is 1. The number of hydrogen-bond donors (Lipinski definition) is 0. The van der Waals surface area contributed by atoms with Crippen molar-refractivity contribution in [3.63, 3.8) is 0 Å². The molecule has 166 valence electrons. The largest absolute Gasteiger partial charge is 0.308 e. The van der Waals surface area contributed by atoms with E-state index >= 15 is 0 Å². The van der Waals surface area contributed by atoms with Crippen molar-refractivity contribution in [1.29, 1.82) is 0 Å². The average Bonchev–Trinajstić information content (AvgIpc) is 3.39. The summed E-state index contributed by atoms with van der Waals surface area (Å²) in [6.45, 7) is 4.68. The number of rotatable bonds is 6. The first-order chi connectivity index (χ1) is 16.1. The van der Waals surface area contributed by atoms with Gasteiger partial charge in [0.1, 0.15) is 0 Å². The van der Waals surface area contributed by atoms with E-state index in [9.17, 15) is 4.79 Å². The minimum Gasteiger partial charge on any atom is -0.308 e. The molecule has 0 bridgehead atoms. The Hall–Kier alpha value is -3.45. The molecular weight excluding hydrogens is 430 g/mol. The molecule has 4 aromatic rings. The second-order valence-electron chi connectivity index (χ2n) is 8.26. The molecule has 7 heteroatoms. The second kappa shape index (κ2) is 9.19. The number of carbonyl (C=O) groups is 1. The lowest BCUT2D eigenvalue weighted by Gasteiger charge is -2.25. The summed E-state index contributed by atoms with van der Waals surface area (Å²) in [7, 11) is 0. The third-order valence-corrected chi connectivity index (χ3v) is 6.98. The highest BCUT2D eigenvalue weighted by atomic mass is 32.2. The van der Waals surface area contributed by atoms with Gasteiger partial charge in [0.2, 0.25) is 5.91 Å². The van der Waals surface area contributed by atoms with Crippen LogP contribution in [0.4, 0.5) is 5.69 Å². The van der Waals surface area contributed by atoms with E-state index < -0.39 is 0 Å². The van der Waals surface area contributed by atoms with E-state index in [4.69, 9.17) is 0 Å². The van der Waals surface area contributed by atoms with Gasteiger partial charge in [0, 0.05) is 29.7 Å². The lowest BCUT2D eigenvalue weighted by atomic mass is 10.1. The van der Waals surface area contributed by atoms with Crippen molar-refractivity contribution < 1.29 is 4.79 Å². The molecule has 6 nitrogen and oxygen atoms in total. The van der Waals surface area contributed by atoms with E-state index in [0.29, 0.717) is 6.54 Å². The van der Waals surface area contributed by atoms with E-state index in [1.54, 1.807) is 12.4 Å². The van der Waals surface area contributed by atoms with Crippen LogP contribution >= 0.6 is 11.8 Å². The van der Waals surface area contributed by atoms with Crippen LogP contribution in [0.3, 0.4) is 0 Å². The van der Waals surface area contributed by atoms with Gasteiger partial charge in [-0.25, -0.2) is 0 Å². The van der Waals surface area contributed by atoms with Crippen molar-refractivity contribution in [3.8, 4) is 11.4 Å². The van der Waals surface area contributed by atoms with Gasteiger partial charge in [-0.3, -0.25) is 14.3 Å². The number of pyridine rings is 1. The number of fused-ring (bicyclic) bond motifs is 1. The van der Waals surface area contributed by atoms with Gasteiger partial charge in [-0.1, -0.05) is 60.3 Å². The minimum absolute atomic E-state index is 0.0946. The Bertz CT molecular complexity index is 1260. The van der Waals surface area contributed by atoms with Crippen molar-refractivity contribution in [1.82, 2.24) is 19.7 Å². The van der Waals surface area contributed by atoms with E-state index in [1.807, 2.05) is 60.4 Å². The highest BCUT2D eigenvalue weighted by molar-refractivity contribution is 8.00. The fourth-order valence-corrected chi connectivity index (χ4v) is 5.20. The molecular formula is C26H25N5OS. The van der Waals surface area contributed by atoms with Crippen LogP contribution in [0.1, 0.15) is 25.0 Å². The summed E-state index contributed by atoms with van der Waals surface area (Å²) in [6, 6.07) is 22.4. The van der Waals surface area contributed by atoms with Gasteiger partial charge in [-0.05, 0) is 49.6 Å². The normalized spacial score (nSPS) is 15.9. The summed E-state index contributed by atoms with van der Waals surface area (Å²) in [4.78, 5) is 19.6. The third kappa shape index (κ3) is 4.28. The second-order valence-corrected chi connectivity index (χ2v) is 9.57. The van der Waals surface area contributed by atoms with Crippen LogP contribution in [-0.4, -0.2) is 36.9 Å². The molecule has 0 radical (unpaired) electrons. The highest BCUT2D eigenvalue weighted by Crippen LogP contribution is 2.35. The maximum atomic E-state index is 13.5. The number of nitrogens with zero attached hydrogens (tertiary/aromatic N) is 5. The van der Waals surface area contributed by atoms with E-state index in [1.165, 1.54) is 17.3 Å². The summed E-state index contributed by atoms with van der Waals surface area (Å²) in [6.07, 6.45) is 4.39. The van der Waals surface area contributed by atoms with Gasteiger partial charge in [0.05, 0.1) is 11.8 Å². The fraction of sp³-hybridized carbons (Fsp3) is 0.231. The standard InChI is InChI=1S/C26H25N5OS/c1-18-16-22-10-6-7-11-23(22)31(18)25(32)19(2)33-26-29-28-24(21-12-14-27-15-13-21)30(26)17-20-8-4-3-5-9-20/h3-15,18-19H,16-17H2,1-2H3/t18-,19-/m1/s1. The molecule has 0 saturated heterocycles. The monoisotopic (exact) mass is 455 g/mol. The summed E-state index contributed by atoms with van der Waals surface area (Å²) >= 11 is 1.46. The first kappa shape index (κ1) is 21.4. The van der Waals surface area contributed by atoms with Crippen molar-refractivity contribution in [2.45, 2.75) is 43.3 Å². The average molecular weight is 456 g/mol. The number of benzene rings is 2. The molecule has 3 heterocycles. The van der Waals surface area contributed by atoms with Gasteiger partial charge in [0.15, 0.2) is 11.0 Å². The lowest BCUT2D eigenvalue weighted by molar-refractivity contribution is -0.118. The Kier molecular flexibility index (Phi) is 5.96. The molecule has 0 spiro atoms. The van der Waals surface area contributed by atoms with Crippen LogP contribution in [0.15, 0.2) is 84.3 Å². The summed E-state index contributed by atoms with van der Waals surface area (Å²) in [5, 5.41) is 9.39. The number of thioether (sulfide) groups is 1. The smallest absolute Gasteiger partial charge is 0.240 e. The van der Waals surface area contributed by atoms with E-state index in [-0.39, 0.29) is 17.2 Å². The van der Waals surface area contributed by atoms with E-state index in [0.717, 1.165) is 34.2 Å². The van der Waals surface area contributed by atoms with Crippen LogP contribution in [0.25, 0.3) is 11.4 Å². The Balaban J connectivity index is 1.44. The van der Waals surface area contributed by atoms with Gasteiger partial charge in [0.25, 0.3) is 0 Å². The van der Waals surface area contributed by atoms with Gasteiger partial charge >= 0.3 is 0 Å². The van der Waals surface area contributed by atoms with Crippen molar-refractivity contribution in [2.24, 2.45) is 0 Å². The molecule has 1 amide bonds. The molecule has 2 aromatic carbocycles. The zero-order chi connectivity index (χ0) is 22.8. The van der Waals surface area contributed by atoms with Crippen molar-refractivity contribution >= 4 is 23.4 Å². The predicted octanol–water partition coefficient (Wildman–Crippen LogP) is 4.85. The summed E-state index contributed by atoms with van der Waals surface area (Å²) in [5.74, 6) is 0.862. The maximum Gasteiger partial charge on any atom is 0.240 e. The SMILES string of the molecule is C[C@@H]1Cc2ccccc2N1C(=O)[C@@H](C)Sc1nnc(-c2ccncc2)n1Cc1ccccc1.